The minimum Gasteiger partial charge on any atom is -0.495 e. The summed E-state index contributed by atoms with van der Waals surface area (Å²) in [7, 11) is 1.52. The molecule has 0 aliphatic heterocycles. The third-order valence-electron chi connectivity index (χ3n) is 2.66. The average molecular weight is 356 g/mol. The Morgan fingerprint density at radius 2 is 2.05 bits per heavy atom. The standard InChI is InChI=1S/C14H12BrClN2O2/c1-20-13-7-9(3-5-12(13)17)18-14(19)10-6-8(16)2-4-11(10)15/h2-7H,17H2,1H3,(H,18,19). The van der Waals surface area contributed by atoms with Gasteiger partial charge in [0.1, 0.15) is 5.75 Å². The number of carbonyl (C=O) groups excluding carboxylic acids is 1. The van der Waals surface area contributed by atoms with Gasteiger partial charge in [0.25, 0.3) is 5.91 Å². The summed E-state index contributed by atoms with van der Waals surface area (Å²) in [6, 6.07) is 10.0. The molecule has 0 spiro atoms. The van der Waals surface area contributed by atoms with E-state index in [-0.39, 0.29) is 5.91 Å². The summed E-state index contributed by atoms with van der Waals surface area (Å²) in [6.07, 6.45) is 0. The maximum atomic E-state index is 12.2. The number of hydrogen-bond acceptors (Lipinski definition) is 3. The lowest BCUT2D eigenvalue weighted by Gasteiger charge is -2.10. The van der Waals surface area contributed by atoms with Gasteiger partial charge < -0.3 is 15.8 Å². The third kappa shape index (κ3) is 3.23. The predicted octanol–water partition coefficient (Wildman–Crippen LogP) is 3.95. The smallest absolute Gasteiger partial charge is 0.256 e. The summed E-state index contributed by atoms with van der Waals surface area (Å²) in [6.45, 7) is 0. The van der Waals surface area contributed by atoms with Gasteiger partial charge in [0.05, 0.1) is 18.4 Å². The van der Waals surface area contributed by atoms with Crippen molar-refractivity contribution in [1.82, 2.24) is 0 Å². The van der Waals surface area contributed by atoms with Crippen molar-refractivity contribution in [3.63, 3.8) is 0 Å². The molecule has 6 heteroatoms. The van der Waals surface area contributed by atoms with E-state index in [2.05, 4.69) is 21.2 Å². The van der Waals surface area contributed by atoms with E-state index < -0.39 is 0 Å². The van der Waals surface area contributed by atoms with Gasteiger partial charge in [-0.05, 0) is 46.3 Å². The molecule has 2 rings (SSSR count). The molecule has 20 heavy (non-hydrogen) atoms. The molecule has 0 saturated heterocycles. The molecule has 0 saturated carbocycles. The second kappa shape index (κ2) is 6.15. The van der Waals surface area contributed by atoms with Crippen LogP contribution in [0.3, 0.4) is 0 Å². The van der Waals surface area contributed by atoms with E-state index in [9.17, 15) is 4.79 Å². The molecule has 0 atom stereocenters. The summed E-state index contributed by atoms with van der Waals surface area (Å²) in [4.78, 5) is 12.2. The number of halogens is 2. The molecule has 0 fully saturated rings. The Morgan fingerprint density at radius 3 is 2.75 bits per heavy atom. The molecule has 3 N–H and O–H groups in total. The highest BCUT2D eigenvalue weighted by molar-refractivity contribution is 9.10. The monoisotopic (exact) mass is 354 g/mol. The van der Waals surface area contributed by atoms with Crippen molar-refractivity contribution in [2.75, 3.05) is 18.2 Å². The molecule has 104 valence electrons. The maximum Gasteiger partial charge on any atom is 0.256 e. The first-order valence-corrected chi connectivity index (χ1v) is 6.88. The number of benzene rings is 2. The first-order chi connectivity index (χ1) is 9.51. The van der Waals surface area contributed by atoms with Gasteiger partial charge in [-0.15, -0.1) is 0 Å². The summed E-state index contributed by atoms with van der Waals surface area (Å²) < 4.78 is 5.78. The average Bonchev–Trinajstić information content (AvgIpc) is 2.43. The summed E-state index contributed by atoms with van der Waals surface area (Å²) in [5, 5.41) is 3.26. The van der Waals surface area contributed by atoms with Gasteiger partial charge in [0.15, 0.2) is 0 Å². The molecule has 0 aliphatic carbocycles. The van der Waals surface area contributed by atoms with Crippen LogP contribution in [0, 0.1) is 0 Å². The van der Waals surface area contributed by atoms with E-state index in [1.54, 1.807) is 36.4 Å². The molecule has 2 aromatic carbocycles. The SMILES string of the molecule is COc1cc(NC(=O)c2cc(Cl)ccc2Br)ccc1N. The molecule has 0 unspecified atom stereocenters. The minimum absolute atomic E-state index is 0.272. The summed E-state index contributed by atoms with van der Waals surface area (Å²) >= 11 is 9.21. The summed E-state index contributed by atoms with van der Waals surface area (Å²) in [5.74, 6) is 0.235. The topological polar surface area (TPSA) is 64.3 Å². The number of rotatable bonds is 3. The van der Waals surface area contributed by atoms with Gasteiger partial charge in [0.2, 0.25) is 0 Å². The number of nitrogens with two attached hydrogens (primary N) is 1. The zero-order chi connectivity index (χ0) is 14.7. The van der Waals surface area contributed by atoms with E-state index in [4.69, 9.17) is 22.1 Å². The first kappa shape index (κ1) is 14.7. The fraction of sp³-hybridized carbons (Fsp3) is 0.0714. The number of ether oxygens (including phenoxy) is 1. The van der Waals surface area contributed by atoms with Gasteiger partial charge in [-0.1, -0.05) is 11.6 Å². The van der Waals surface area contributed by atoms with E-state index in [1.165, 1.54) is 7.11 Å². The zero-order valence-corrected chi connectivity index (χ0v) is 13.0. The number of amides is 1. The Balaban J connectivity index is 2.25. The summed E-state index contributed by atoms with van der Waals surface area (Å²) in [5.41, 5.74) is 7.27. The van der Waals surface area contributed by atoms with E-state index in [1.807, 2.05) is 0 Å². The molecule has 0 bridgehead atoms. The van der Waals surface area contributed by atoms with Crippen LogP contribution in [0.15, 0.2) is 40.9 Å². The van der Waals surface area contributed by atoms with Crippen molar-refractivity contribution in [3.8, 4) is 5.75 Å². The van der Waals surface area contributed by atoms with Gasteiger partial charge >= 0.3 is 0 Å². The van der Waals surface area contributed by atoms with Gasteiger partial charge in [-0.2, -0.15) is 0 Å². The Kier molecular flexibility index (Phi) is 4.52. The quantitative estimate of drug-likeness (QED) is 0.820. The van der Waals surface area contributed by atoms with Crippen molar-refractivity contribution in [1.29, 1.82) is 0 Å². The maximum absolute atomic E-state index is 12.2. The number of hydrogen-bond donors (Lipinski definition) is 2. The van der Waals surface area contributed by atoms with Gasteiger partial charge in [-0.3, -0.25) is 4.79 Å². The molecular weight excluding hydrogens is 344 g/mol. The highest BCUT2D eigenvalue weighted by Crippen LogP contribution is 2.26. The number of carbonyl (C=O) groups is 1. The molecular formula is C14H12BrClN2O2. The van der Waals surface area contributed by atoms with E-state index in [0.29, 0.717) is 32.2 Å². The normalized spacial score (nSPS) is 10.2. The highest BCUT2D eigenvalue weighted by Gasteiger charge is 2.12. The van der Waals surface area contributed by atoms with E-state index in [0.717, 1.165) is 0 Å². The van der Waals surface area contributed by atoms with Crippen LogP contribution >= 0.6 is 27.5 Å². The Labute approximate surface area is 130 Å². The minimum atomic E-state index is -0.272. The van der Waals surface area contributed by atoms with Crippen molar-refractivity contribution in [3.05, 3.63) is 51.5 Å². The van der Waals surface area contributed by atoms with Crippen molar-refractivity contribution < 1.29 is 9.53 Å². The lowest BCUT2D eigenvalue weighted by atomic mass is 10.2. The van der Waals surface area contributed by atoms with Crippen molar-refractivity contribution in [2.24, 2.45) is 0 Å². The Hall–Kier alpha value is -1.72. The van der Waals surface area contributed by atoms with Crippen LogP contribution in [0.25, 0.3) is 0 Å². The van der Waals surface area contributed by atoms with Crippen molar-refractivity contribution >= 4 is 44.8 Å². The lowest BCUT2D eigenvalue weighted by molar-refractivity contribution is 0.102. The Bertz CT molecular complexity index is 662. The van der Waals surface area contributed by atoms with E-state index >= 15 is 0 Å². The van der Waals surface area contributed by atoms with Crippen LogP contribution in [0.1, 0.15) is 10.4 Å². The van der Waals surface area contributed by atoms with Crippen LogP contribution in [-0.4, -0.2) is 13.0 Å². The fourth-order valence-electron chi connectivity index (χ4n) is 1.66. The second-order valence-electron chi connectivity index (χ2n) is 4.04. The molecule has 1 amide bonds. The number of nitrogens with one attached hydrogen (secondary N) is 1. The van der Waals surface area contributed by atoms with Gasteiger partial charge in [0, 0.05) is 21.2 Å². The predicted molar refractivity (Wildman–Crippen MR) is 84.5 cm³/mol. The first-order valence-electron chi connectivity index (χ1n) is 5.71. The molecule has 0 radical (unpaired) electrons. The molecule has 2 aromatic rings. The lowest BCUT2D eigenvalue weighted by Crippen LogP contribution is -2.12. The molecule has 0 heterocycles. The fourth-order valence-corrected chi connectivity index (χ4v) is 2.26. The largest absolute Gasteiger partial charge is 0.495 e. The Morgan fingerprint density at radius 1 is 1.30 bits per heavy atom. The third-order valence-corrected chi connectivity index (χ3v) is 3.59. The van der Waals surface area contributed by atoms with Crippen LogP contribution in [0.5, 0.6) is 5.75 Å². The zero-order valence-electron chi connectivity index (χ0n) is 10.6. The second-order valence-corrected chi connectivity index (χ2v) is 5.33. The molecule has 0 aliphatic rings. The van der Waals surface area contributed by atoms with Crippen LogP contribution < -0.4 is 15.8 Å². The van der Waals surface area contributed by atoms with Crippen molar-refractivity contribution in [2.45, 2.75) is 0 Å². The molecule has 0 aromatic heterocycles. The molecule has 4 nitrogen and oxygen atoms in total. The number of anilines is 2. The van der Waals surface area contributed by atoms with Crippen LogP contribution in [-0.2, 0) is 0 Å². The highest BCUT2D eigenvalue weighted by atomic mass is 79.9. The van der Waals surface area contributed by atoms with Crippen LogP contribution in [0.4, 0.5) is 11.4 Å². The number of methoxy groups -OCH3 is 1. The van der Waals surface area contributed by atoms with Gasteiger partial charge in [-0.25, -0.2) is 0 Å². The van der Waals surface area contributed by atoms with Crippen LogP contribution in [0.2, 0.25) is 5.02 Å². The number of nitrogen functional groups attached to an aromatic ring is 1.